The number of pyridine rings is 1. The van der Waals surface area contributed by atoms with Crippen molar-refractivity contribution in [2.45, 2.75) is 13.0 Å². The highest BCUT2D eigenvalue weighted by molar-refractivity contribution is 6.33. The van der Waals surface area contributed by atoms with E-state index in [0.29, 0.717) is 17.1 Å². The van der Waals surface area contributed by atoms with E-state index >= 15 is 0 Å². The molecule has 0 aliphatic carbocycles. The third-order valence-electron chi connectivity index (χ3n) is 2.43. The molecule has 0 aliphatic rings. The molecule has 0 aromatic carbocycles. The number of halogens is 1. The van der Waals surface area contributed by atoms with Gasteiger partial charge in [-0.2, -0.15) is 5.10 Å². The van der Waals surface area contributed by atoms with Gasteiger partial charge < -0.3 is 5.32 Å². The zero-order valence-corrected chi connectivity index (χ0v) is 10.5. The third-order valence-corrected chi connectivity index (χ3v) is 2.73. The van der Waals surface area contributed by atoms with E-state index in [1.807, 2.05) is 16.9 Å². The van der Waals surface area contributed by atoms with Crippen LogP contribution in [-0.2, 0) is 6.54 Å². The second-order valence-electron chi connectivity index (χ2n) is 3.73. The van der Waals surface area contributed by atoms with E-state index in [0.717, 1.165) is 13.0 Å². The van der Waals surface area contributed by atoms with Gasteiger partial charge in [-0.15, -0.1) is 0 Å². The lowest BCUT2D eigenvalue weighted by Crippen LogP contribution is -2.25. The van der Waals surface area contributed by atoms with E-state index in [4.69, 9.17) is 11.6 Å². The molecule has 0 saturated heterocycles. The molecule has 2 aromatic heterocycles. The van der Waals surface area contributed by atoms with Crippen LogP contribution >= 0.6 is 11.6 Å². The number of amides is 1. The molecule has 0 unspecified atom stereocenters. The Balaban J connectivity index is 1.77. The second-order valence-corrected chi connectivity index (χ2v) is 4.14. The van der Waals surface area contributed by atoms with Gasteiger partial charge in [-0.1, -0.05) is 11.6 Å². The summed E-state index contributed by atoms with van der Waals surface area (Å²) < 4.78 is 1.82. The van der Waals surface area contributed by atoms with Crippen LogP contribution < -0.4 is 5.32 Å². The molecule has 0 aliphatic heterocycles. The van der Waals surface area contributed by atoms with Gasteiger partial charge in [-0.25, -0.2) is 0 Å². The number of aryl methyl sites for hydroxylation is 1. The fourth-order valence-electron chi connectivity index (χ4n) is 1.53. The summed E-state index contributed by atoms with van der Waals surface area (Å²) in [5, 5.41) is 7.25. The monoisotopic (exact) mass is 264 g/mol. The SMILES string of the molecule is O=C(NCCCn1cccn1)c1ccncc1Cl. The van der Waals surface area contributed by atoms with Crippen molar-refractivity contribution in [1.29, 1.82) is 0 Å². The first-order valence-corrected chi connectivity index (χ1v) is 6.00. The van der Waals surface area contributed by atoms with Crippen LogP contribution in [0, 0.1) is 0 Å². The average molecular weight is 265 g/mol. The summed E-state index contributed by atoms with van der Waals surface area (Å²) in [5.74, 6) is -0.178. The molecule has 2 heterocycles. The lowest BCUT2D eigenvalue weighted by atomic mass is 10.2. The van der Waals surface area contributed by atoms with Gasteiger partial charge in [0.25, 0.3) is 5.91 Å². The van der Waals surface area contributed by atoms with Crippen LogP contribution in [-0.4, -0.2) is 27.2 Å². The van der Waals surface area contributed by atoms with E-state index in [1.54, 1.807) is 18.5 Å². The first kappa shape index (κ1) is 12.6. The summed E-state index contributed by atoms with van der Waals surface area (Å²) in [4.78, 5) is 15.6. The van der Waals surface area contributed by atoms with Gasteiger partial charge in [0.2, 0.25) is 0 Å². The van der Waals surface area contributed by atoms with Crippen LogP contribution in [0.3, 0.4) is 0 Å². The number of rotatable bonds is 5. The lowest BCUT2D eigenvalue weighted by Gasteiger charge is -2.06. The predicted octanol–water partition coefficient (Wildman–Crippen LogP) is 1.75. The fraction of sp³-hybridized carbons (Fsp3) is 0.250. The maximum absolute atomic E-state index is 11.8. The van der Waals surface area contributed by atoms with Crippen LogP contribution in [0.25, 0.3) is 0 Å². The number of carbonyl (C=O) groups is 1. The molecule has 2 aromatic rings. The highest BCUT2D eigenvalue weighted by Gasteiger charge is 2.08. The normalized spacial score (nSPS) is 10.3. The Hall–Kier alpha value is -1.88. The lowest BCUT2D eigenvalue weighted by molar-refractivity contribution is 0.0952. The minimum atomic E-state index is -0.178. The number of hydrogen-bond acceptors (Lipinski definition) is 3. The van der Waals surface area contributed by atoms with E-state index < -0.39 is 0 Å². The van der Waals surface area contributed by atoms with Crippen molar-refractivity contribution in [2.75, 3.05) is 6.54 Å². The van der Waals surface area contributed by atoms with Gasteiger partial charge in [0.1, 0.15) is 0 Å². The summed E-state index contributed by atoms with van der Waals surface area (Å²) in [6, 6.07) is 3.47. The van der Waals surface area contributed by atoms with E-state index in [9.17, 15) is 4.79 Å². The quantitative estimate of drug-likeness (QED) is 0.837. The zero-order chi connectivity index (χ0) is 12.8. The summed E-state index contributed by atoms with van der Waals surface area (Å²) in [7, 11) is 0. The largest absolute Gasteiger partial charge is 0.352 e. The summed E-state index contributed by atoms with van der Waals surface area (Å²) in [6.07, 6.45) is 7.44. The number of nitrogens with one attached hydrogen (secondary N) is 1. The van der Waals surface area contributed by atoms with Crippen molar-refractivity contribution in [3.63, 3.8) is 0 Å². The molecule has 1 amide bonds. The Morgan fingerprint density at radius 1 is 1.44 bits per heavy atom. The van der Waals surface area contributed by atoms with E-state index in [-0.39, 0.29) is 5.91 Å². The molecule has 0 atom stereocenters. The van der Waals surface area contributed by atoms with Crippen LogP contribution in [0.15, 0.2) is 36.9 Å². The topological polar surface area (TPSA) is 59.8 Å². The Morgan fingerprint density at radius 3 is 3.06 bits per heavy atom. The van der Waals surface area contributed by atoms with Crippen molar-refractivity contribution in [3.05, 3.63) is 47.5 Å². The number of hydrogen-bond donors (Lipinski definition) is 1. The highest BCUT2D eigenvalue weighted by Crippen LogP contribution is 2.12. The highest BCUT2D eigenvalue weighted by atomic mass is 35.5. The molecule has 1 N–H and O–H groups in total. The van der Waals surface area contributed by atoms with Gasteiger partial charge in [0, 0.05) is 37.9 Å². The van der Waals surface area contributed by atoms with Crippen LogP contribution in [0.4, 0.5) is 0 Å². The summed E-state index contributed by atoms with van der Waals surface area (Å²) >= 11 is 5.88. The van der Waals surface area contributed by atoms with Crippen molar-refractivity contribution >= 4 is 17.5 Å². The smallest absolute Gasteiger partial charge is 0.252 e. The maximum Gasteiger partial charge on any atom is 0.252 e. The minimum absolute atomic E-state index is 0.178. The maximum atomic E-state index is 11.8. The molecule has 0 spiro atoms. The summed E-state index contributed by atoms with van der Waals surface area (Å²) in [5.41, 5.74) is 0.450. The molecule has 0 bridgehead atoms. The van der Waals surface area contributed by atoms with Crippen molar-refractivity contribution < 1.29 is 4.79 Å². The van der Waals surface area contributed by atoms with Crippen molar-refractivity contribution in [3.8, 4) is 0 Å². The molecule has 0 radical (unpaired) electrons. The Labute approximate surface area is 110 Å². The molecule has 6 heteroatoms. The Kier molecular flexibility index (Phi) is 4.30. The van der Waals surface area contributed by atoms with E-state index in [1.165, 1.54) is 6.20 Å². The zero-order valence-electron chi connectivity index (χ0n) is 9.71. The second kappa shape index (κ2) is 6.16. The third kappa shape index (κ3) is 3.30. The van der Waals surface area contributed by atoms with Gasteiger partial charge in [0.15, 0.2) is 0 Å². The molecular weight excluding hydrogens is 252 g/mol. The molecule has 5 nitrogen and oxygen atoms in total. The summed E-state index contributed by atoms with van der Waals surface area (Å²) in [6.45, 7) is 1.36. The van der Waals surface area contributed by atoms with Crippen LogP contribution in [0.2, 0.25) is 5.02 Å². The van der Waals surface area contributed by atoms with Crippen LogP contribution in [0.1, 0.15) is 16.8 Å². The van der Waals surface area contributed by atoms with Crippen LogP contribution in [0.5, 0.6) is 0 Å². The molecule has 2 rings (SSSR count). The molecule has 94 valence electrons. The number of carbonyl (C=O) groups excluding carboxylic acids is 1. The first-order chi connectivity index (χ1) is 8.77. The van der Waals surface area contributed by atoms with Crippen molar-refractivity contribution in [2.24, 2.45) is 0 Å². The number of nitrogens with zero attached hydrogens (tertiary/aromatic N) is 3. The van der Waals surface area contributed by atoms with Gasteiger partial charge in [-0.3, -0.25) is 14.5 Å². The standard InChI is InChI=1S/C12H13ClN4O/c13-11-9-14-6-3-10(11)12(18)15-4-1-7-17-8-2-5-16-17/h2-3,5-6,8-9H,1,4,7H2,(H,15,18). The molecule has 0 saturated carbocycles. The average Bonchev–Trinajstić information content (AvgIpc) is 2.88. The predicted molar refractivity (Wildman–Crippen MR) is 68.4 cm³/mol. The van der Waals surface area contributed by atoms with E-state index in [2.05, 4.69) is 15.4 Å². The first-order valence-electron chi connectivity index (χ1n) is 5.62. The number of aromatic nitrogens is 3. The molecule has 0 fully saturated rings. The fourth-order valence-corrected chi connectivity index (χ4v) is 1.74. The molecule has 18 heavy (non-hydrogen) atoms. The van der Waals surface area contributed by atoms with Gasteiger partial charge in [-0.05, 0) is 18.6 Å². The minimum Gasteiger partial charge on any atom is -0.352 e. The Morgan fingerprint density at radius 2 is 2.33 bits per heavy atom. The van der Waals surface area contributed by atoms with Gasteiger partial charge >= 0.3 is 0 Å². The molecular formula is C12H13ClN4O. The Bertz CT molecular complexity index is 513. The van der Waals surface area contributed by atoms with Crippen molar-refractivity contribution in [1.82, 2.24) is 20.1 Å². The van der Waals surface area contributed by atoms with Gasteiger partial charge in [0.05, 0.1) is 10.6 Å².